The van der Waals surface area contributed by atoms with Gasteiger partial charge >= 0.3 is 5.97 Å². The van der Waals surface area contributed by atoms with E-state index in [0.29, 0.717) is 11.6 Å². The predicted octanol–water partition coefficient (Wildman–Crippen LogP) is 1.10. The van der Waals surface area contributed by atoms with Crippen molar-refractivity contribution < 1.29 is 14.6 Å². The van der Waals surface area contributed by atoms with Crippen LogP contribution in [0.5, 0.6) is 5.75 Å². The number of halogens is 1. The van der Waals surface area contributed by atoms with E-state index in [9.17, 15) is 4.79 Å². The molecule has 0 saturated heterocycles. The van der Waals surface area contributed by atoms with E-state index in [2.05, 4.69) is 31.3 Å². The Morgan fingerprint density at radius 2 is 2.22 bits per heavy atom. The fourth-order valence-electron chi connectivity index (χ4n) is 1.23. The maximum Gasteiger partial charge on any atom is 0.327 e. The molecule has 0 aliphatic rings. The fraction of sp³-hybridized carbons (Fsp3) is 0.200. The number of carboxylic acids is 1. The Morgan fingerprint density at radius 1 is 1.44 bits per heavy atom. The highest BCUT2D eigenvalue weighted by Gasteiger charge is 2.07. The summed E-state index contributed by atoms with van der Waals surface area (Å²) in [5.41, 5.74) is 0. The Bertz CT molecular complexity index is 558. The summed E-state index contributed by atoms with van der Waals surface area (Å²) in [6.45, 7) is -0.190. The number of ether oxygens (including phenoxy) is 1. The summed E-state index contributed by atoms with van der Waals surface area (Å²) in [6.07, 6.45) is 0. The van der Waals surface area contributed by atoms with Gasteiger partial charge in [-0.3, -0.25) is 4.79 Å². The zero-order valence-electron chi connectivity index (χ0n) is 9.15. The van der Waals surface area contributed by atoms with Gasteiger partial charge < -0.3 is 9.84 Å². The third kappa shape index (κ3) is 3.27. The van der Waals surface area contributed by atoms with Crippen molar-refractivity contribution in [3.8, 4) is 5.75 Å². The number of aromatic nitrogens is 4. The Morgan fingerprint density at radius 3 is 2.94 bits per heavy atom. The van der Waals surface area contributed by atoms with Crippen LogP contribution < -0.4 is 4.74 Å². The van der Waals surface area contributed by atoms with E-state index >= 15 is 0 Å². The third-order valence-corrected chi connectivity index (χ3v) is 2.62. The highest BCUT2D eigenvalue weighted by Crippen LogP contribution is 2.24. The summed E-state index contributed by atoms with van der Waals surface area (Å²) >= 11 is 3.34. The molecular weight excluding hydrogens is 304 g/mol. The summed E-state index contributed by atoms with van der Waals surface area (Å²) < 4.78 is 6.29. The van der Waals surface area contributed by atoms with E-state index in [-0.39, 0.29) is 13.2 Å². The van der Waals surface area contributed by atoms with Crippen molar-refractivity contribution in [2.24, 2.45) is 0 Å². The first kappa shape index (κ1) is 12.5. The normalized spacial score (nSPS) is 10.3. The monoisotopic (exact) mass is 312 g/mol. The second-order valence-electron chi connectivity index (χ2n) is 3.35. The maximum atomic E-state index is 10.4. The van der Waals surface area contributed by atoms with Crippen molar-refractivity contribution in [1.29, 1.82) is 0 Å². The molecule has 0 bridgehead atoms. The lowest BCUT2D eigenvalue weighted by atomic mass is 10.3. The van der Waals surface area contributed by atoms with Gasteiger partial charge in [0.25, 0.3) is 0 Å². The minimum Gasteiger partial charge on any atom is -0.484 e. The molecule has 7 nitrogen and oxygen atoms in total. The van der Waals surface area contributed by atoms with Crippen molar-refractivity contribution in [1.82, 2.24) is 20.2 Å². The summed E-state index contributed by atoms with van der Waals surface area (Å²) in [5.74, 6) is -0.0373. The standard InChI is InChI=1S/C10H9BrN4O3/c11-7-3-1-2-4-8(7)18-6-9-12-14-15(13-9)5-10(16)17/h1-4H,5-6H2,(H,16,17). The number of carboxylic acid groups (broad SMARTS) is 1. The smallest absolute Gasteiger partial charge is 0.327 e. The molecule has 1 aromatic carbocycles. The number of tetrazole rings is 1. The van der Waals surface area contributed by atoms with Crippen LogP contribution in [0.15, 0.2) is 28.7 Å². The minimum atomic E-state index is -1.02. The number of aliphatic carboxylic acids is 1. The molecule has 2 rings (SSSR count). The van der Waals surface area contributed by atoms with Crippen LogP contribution in [0.25, 0.3) is 0 Å². The lowest BCUT2D eigenvalue weighted by Gasteiger charge is -2.04. The Kier molecular flexibility index (Phi) is 3.88. The van der Waals surface area contributed by atoms with Crippen LogP contribution in [0.4, 0.5) is 0 Å². The van der Waals surface area contributed by atoms with Crippen LogP contribution in [0.2, 0.25) is 0 Å². The molecular formula is C10H9BrN4O3. The van der Waals surface area contributed by atoms with Crippen molar-refractivity contribution in [3.05, 3.63) is 34.6 Å². The minimum absolute atomic E-state index is 0.127. The Labute approximate surface area is 111 Å². The van der Waals surface area contributed by atoms with Gasteiger partial charge in [-0.2, -0.15) is 4.80 Å². The Balaban J connectivity index is 1.96. The van der Waals surface area contributed by atoms with E-state index in [4.69, 9.17) is 9.84 Å². The highest BCUT2D eigenvalue weighted by molar-refractivity contribution is 9.10. The average Bonchev–Trinajstić information content (AvgIpc) is 2.75. The maximum absolute atomic E-state index is 10.4. The molecule has 0 unspecified atom stereocenters. The molecule has 0 radical (unpaired) electrons. The summed E-state index contributed by atoms with van der Waals surface area (Å²) in [6, 6.07) is 7.36. The van der Waals surface area contributed by atoms with Crippen molar-refractivity contribution in [2.75, 3.05) is 0 Å². The molecule has 0 aliphatic heterocycles. The van der Waals surface area contributed by atoms with Gasteiger partial charge in [-0.05, 0) is 33.3 Å². The molecule has 94 valence electrons. The predicted molar refractivity (Wildman–Crippen MR) is 63.9 cm³/mol. The second-order valence-corrected chi connectivity index (χ2v) is 4.20. The van der Waals surface area contributed by atoms with Gasteiger partial charge in [0.15, 0.2) is 13.2 Å². The van der Waals surface area contributed by atoms with Crippen LogP contribution in [-0.2, 0) is 17.9 Å². The number of rotatable bonds is 5. The molecule has 0 saturated carbocycles. The molecule has 2 aromatic rings. The SMILES string of the molecule is O=C(O)Cn1nnc(COc2ccccc2Br)n1. The van der Waals surface area contributed by atoms with Gasteiger partial charge in [0.05, 0.1) is 4.47 Å². The van der Waals surface area contributed by atoms with Gasteiger partial charge in [-0.15, -0.1) is 10.2 Å². The van der Waals surface area contributed by atoms with Gasteiger partial charge in [-0.25, -0.2) is 0 Å². The third-order valence-electron chi connectivity index (χ3n) is 1.96. The number of carbonyl (C=O) groups is 1. The molecule has 1 N–H and O–H groups in total. The molecule has 0 amide bonds. The molecule has 0 fully saturated rings. The summed E-state index contributed by atoms with van der Waals surface area (Å²) in [4.78, 5) is 11.4. The van der Waals surface area contributed by atoms with Crippen molar-refractivity contribution >= 4 is 21.9 Å². The molecule has 1 aromatic heterocycles. The number of hydrogen-bond acceptors (Lipinski definition) is 5. The number of benzene rings is 1. The van der Waals surface area contributed by atoms with E-state index in [0.717, 1.165) is 9.27 Å². The number of hydrogen-bond donors (Lipinski definition) is 1. The van der Waals surface area contributed by atoms with Crippen molar-refractivity contribution in [3.63, 3.8) is 0 Å². The van der Waals surface area contributed by atoms with Crippen molar-refractivity contribution in [2.45, 2.75) is 13.2 Å². The topological polar surface area (TPSA) is 90.1 Å². The Hall–Kier alpha value is -1.96. The molecule has 0 atom stereocenters. The lowest BCUT2D eigenvalue weighted by molar-refractivity contribution is -0.138. The molecule has 8 heteroatoms. The first-order valence-corrected chi connectivity index (χ1v) is 5.80. The molecule has 0 spiro atoms. The highest BCUT2D eigenvalue weighted by atomic mass is 79.9. The van der Waals surface area contributed by atoms with Gasteiger partial charge in [-0.1, -0.05) is 12.1 Å². The lowest BCUT2D eigenvalue weighted by Crippen LogP contribution is -2.12. The summed E-state index contributed by atoms with van der Waals surface area (Å²) in [5, 5.41) is 19.7. The van der Waals surface area contributed by atoms with E-state index in [1.165, 1.54) is 0 Å². The van der Waals surface area contributed by atoms with E-state index in [1.807, 2.05) is 18.2 Å². The van der Waals surface area contributed by atoms with Gasteiger partial charge in [0.1, 0.15) is 5.75 Å². The van der Waals surface area contributed by atoms with E-state index < -0.39 is 5.97 Å². The second kappa shape index (κ2) is 5.58. The first-order valence-electron chi connectivity index (χ1n) is 5.01. The number of para-hydroxylation sites is 1. The van der Waals surface area contributed by atoms with Crippen LogP contribution >= 0.6 is 15.9 Å². The van der Waals surface area contributed by atoms with Gasteiger partial charge in [0.2, 0.25) is 5.82 Å². The summed E-state index contributed by atoms with van der Waals surface area (Å²) in [7, 11) is 0. The van der Waals surface area contributed by atoms with Crippen LogP contribution in [0.3, 0.4) is 0 Å². The van der Waals surface area contributed by atoms with Crippen LogP contribution in [0.1, 0.15) is 5.82 Å². The number of nitrogens with zero attached hydrogens (tertiary/aromatic N) is 4. The first-order chi connectivity index (χ1) is 8.65. The van der Waals surface area contributed by atoms with Gasteiger partial charge in [0, 0.05) is 0 Å². The van der Waals surface area contributed by atoms with Crippen LogP contribution in [-0.4, -0.2) is 31.3 Å². The van der Waals surface area contributed by atoms with E-state index in [1.54, 1.807) is 6.07 Å². The molecule has 1 heterocycles. The molecule has 0 aliphatic carbocycles. The van der Waals surface area contributed by atoms with Crippen LogP contribution in [0, 0.1) is 0 Å². The molecule has 18 heavy (non-hydrogen) atoms. The fourth-order valence-corrected chi connectivity index (χ4v) is 1.63. The average molecular weight is 313 g/mol. The zero-order chi connectivity index (χ0) is 13.0. The quantitative estimate of drug-likeness (QED) is 0.889. The largest absolute Gasteiger partial charge is 0.484 e. The zero-order valence-corrected chi connectivity index (χ0v) is 10.7.